The predicted molar refractivity (Wildman–Crippen MR) is 76.8 cm³/mol. The molecule has 0 saturated heterocycles. The highest BCUT2D eigenvalue weighted by atomic mass is 16.4. The average Bonchev–Trinajstić information content (AvgIpc) is 2.46. The van der Waals surface area contributed by atoms with Gasteiger partial charge in [0.05, 0.1) is 12.1 Å². The van der Waals surface area contributed by atoms with Gasteiger partial charge in [-0.15, -0.1) is 0 Å². The fraction of sp³-hybridized carbons (Fsp3) is 0.267. The Bertz CT molecular complexity index is 705. The first-order valence-corrected chi connectivity index (χ1v) is 6.64. The van der Waals surface area contributed by atoms with E-state index in [1.54, 1.807) is 12.1 Å². The standard InChI is InChI=1S/C15H16N2O4/c1-2-10-3-5-11(6-4-10)17-14(19)9-13(18)12(16-17)7-8-15(20)21/h3-6,9,18H,2,7-8H2,1H3,(H,20,21). The minimum atomic E-state index is -0.985. The Kier molecular flexibility index (Phi) is 4.37. The van der Waals surface area contributed by atoms with Crippen molar-refractivity contribution in [3.05, 3.63) is 51.9 Å². The molecular formula is C15H16N2O4. The highest BCUT2D eigenvalue weighted by molar-refractivity contribution is 5.67. The maximum absolute atomic E-state index is 11.9. The molecule has 0 aliphatic rings. The number of aryl methyl sites for hydroxylation is 2. The SMILES string of the molecule is CCc1ccc(-n2nc(CCC(=O)O)c(O)cc2=O)cc1. The highest BCUT2D eigenvalue weighted by Gasteiger charge is 2.11. The quantitative estimate of drug-likeness (QED) is 0.870. The second kappa shape index (κ2) is 6.21. The molecule has 0 unspecified atom stereocenters. The normalized spacial score (nSPS) is 10.5. The molecule has 1 aromatic heterocycles. The number of carbonyl (C=O) groups is 1. The first-order valence-electron chi connectivity index (χ1n) is 6.64. The summed E-state index contributed by atoms with van der Waals surface area (Å²) in [5.74, 6) is -1.26. The van der Waals surface area contributed by atoms with Gasteiger partial charge in [0.1, 0.15) is 11.4 Å². The minimum Gasteiger partial charge on any atom is -0.506 e. The summed E-state index contributed by atoms with van der Waals surface area (Å²) in [6, 6.07) is 8.38. The number of rotatable bonds is 5. The maximum atomic E-state index is 11.9. The number of hydrogen-bond acceptors (Lipinski definition) is 4. The van der Waals surface area contributed by atoms with Crippen LogP contribution in [-0.4, -0.2) is 26.0 Å². The zero-order valence-electron chi connectivity index (χ0n) is 11.6. The van der Waals surface area contributed by atoms with E-state index in [2.05, 4.69) is 5.10 Å². The third-order valence-corrected chi connectivity index (χ3v) is 3.15. The van der Waals surface area contributed by atoms with Crippen molar-refractivity contribution in [2.24, 2.45) is 0 Å². The van der Waals surface area contributed by atoms with Crippen LogP contribution in [0.3, 0.4) is 0 Å². The number of aromatic nitrogens is 2. The Morgan fingerprint density at radius 3 is 2.52 bits per heavy atom. The summed E-state index contributed by atoms with van der Waals surface area (Å²) < 4.78 is 1.16. The molecule has 2 rings (SSSR count). The molecular weight excluding hydrogens is 272 g/mol. The molecule has 0 spiro atoms. The molecule has 0 amide bonds. The van der Waals surface area contributed by atoms with Crippen molar-refractivity contribution in [2.45, 2.75) is 26.2 Å². The Morgan fingerprint density at radius 1 is 1.29 bits per heavy atom. The van der Waals surface area contributed by atoms with Crippen LogP contribution in [0.4, 0.5) is 0 Å². The fourth-order valence-electron chi connectivity index (χ4n) is 1.94. The molecule has 1 heterocycles. The van der Waals surface area contributed by atoms with Gasteiger partial charge >= 0.3 is 5.97 Å². The first kappa shape index (κ1) is 14.8. The highest BCUT2D eigenvalue weighted by Crippen LogP contribution is 2.15. The van der Waals surface area contributed by atoms with Gasteiger partial charge in [0, 0.05) is 12.5 Å². The number of benzene rings is 1. The summed E-state index contributed by atoms with van der Waals surface area (Å²) in [7, 11) is 0. The maximum Gasteiger partial charge on any atom is 0.303 e. The topological polar surface area (TPSA) is 92.4 Å². The zero-order valence-corrected chi connectivity index (χ0v) is 11.6. The number of carboxylic acids is 1. The van der Waals surface area contributed by atoms with Crippen molar-refractivity contribution in [1.82, 2.24) is 9.78 Å². The number of nitrogens with zero attached hydrogens (tertiary/aromatic N) is 2. The van der Waals surface area contributed by atoms with Gasteiger partial charge < -0.3 is 10.2 Å². The molecule has 2 aromatic rings. The summed E-state index contributed by atoms with van der Waals surface area (Å²) in [5.41, 5.74) is 1.44. The third-order valence-electron chi connectivity index (χ3n) is 3.15. The molecule has 110 valence electrons. The van der Waals surface area contributed by atoms with Crippen molar-refractivity contribution in [2.75, 3.05) is 0 Å². The molecule has 2 N–H and O–H groups in total. The van der Waals surface area contributed by atoms with Gasteiger partial charge in [-0.25, -0.2) is 0 Å². The van der Waals surface area contributed by atoms with Crippen molar-refractivity contribution in [3.8, 4) is 11.4 Å². The lowest BCUT2D eigenvalue weighted by molar-refractivity contribution is -0.136. The van der Waals surface area contributed by atoms with Crippen LogP contribution in [0, 0.1) is 0 Å². The Labute approximate surface area is 121 Å². The molecule has 1 aromatic carbocycles. The van der Waals surface area contributed by atoms with E-state index in [4.69, 9.17) is 5.11 Å². The van der Waals surface area contributed by atoms with E-state index in [1.165, 1.54) is 0 Å². The molecule has 0 aliphatic carbocycles. The molecule has 6 nitrogen and oxygen atoms in total. The summed E-state index contributed by atoms with van der Waals surface area (Å²) in [5, 5.41) is 22.4. The first-order chi connectivity index (χ1) is 10.0. The zero-order chi connectivity index (χ0) is 15.4. The molecule has 0 atom stereocenters. The van der Waals surface area contributed by atoms with E-state index in [1.807, 2.05) is 19.1 Å². The van der Waals surface area contributed by atoms with Gasteiger partial charge in [0.25, 0.3) is 5.56 Å². The van der Waals surface area contributed by atoms with E-state index < -0.39 is 11.5 Å². The summed E-state index contributed by atoms with van der Waals surface area (Å²) in [6.45, 7) is 2.03. The molecule has 0 radical (unpaired) electrons. The van der Waals surface area contributed by atoms with Gasteiger partial charge in [-0.3, -0.25) is 9.59 Å². The van der Waals surface area contributed by atoms with E-state index in [-0.39, 0.29) is 24.3 Å². The van der Waals surface area contributed by atoms with Crippen LogP contribution in [0.5, 0.6) is 5.75 Å². The van der Waals surface area contributed by atoms with Gasteiger partial charge in [-0.05, 0) is 24.1 Å². The summed E-state index contributed by atoms with van der Waals surface area (Å²) >= 11 is 0. The van der Waals surface area contributed by atoms with Crippen LogP contribution in [0.15, 0.2) is 35.1 Å². The van der Waals surface area contributed by atoms with Crippen LogP contribution in [0.2, 0.25) is 0 Å². The molecule has 6 heteroatoms. The van der Waals surface area contributed by atoms with Crippen LogP contribution >= 0.6 is 0 Å². The Morgan fingerprint density at radius 2 is 1.95 bits per heavy atom. The number of carboxylic acid groups (broad SMARTS) is 1. The van der Waals surface area contributed by atoms with E-state index in [0.29, 0.717) is 5.69 Å². The monoisotopic (exact) mass is 288 g/mol. The second-order valence-corrected chi connectivity index (χ2v) is 4.64. The number of hydrogen-bond donors (Lipinski definition) is 2. The van der Waals surface area contributed by atoms with Crippen molar-refractivity contribution in [3.63, 3.8) is 0 Å². The third kappa shape index (κ3) is 3.47. The molecule has 0 fully saturated rings. The average molecular weight is 288 g/mol. The molecule has 0 saturated carbocycles. The largest absolute Gasteiger partial charge is 0.506 e. The van der Waals surface area contributed by atoms with Crippen molar-refractivity contribution < 1.29 is 15.0 Å². The van der Waals surface area contributed by atoms with E-state index >= 15 is 0 Å². The number of aliphatic carboxylic acids is 1. The molecule has 21 heavy (non-hydrogen) atoms. The summed E-state index contributed by atoms with van der Waals surface area (Å²) in [6.07, 6.45) is 0.796. The van der Waals surface area contributed by atoms with Crippen LogP contribution < -0.4 is 5.56 Å². The van der Waals surface area contributed by atoms with Crippen LogP contribution in [0.1, 0.15) is 24.6 Å². The van der Waals surface area contributed by atoms with Gasteiger partial charge in [0.2, 0.25) is 0 Å². The van der Waals surface area contributed by atoms with Crippen molar-refractivity contribution in [1.29, 1.82) is 0 Å². The lowest BCUT2D eigenvalue weighted by atomic mass is 10.1. The lowest BCUT2D eigenvalue weighted by Gasteiger charge is -2.08. The van der Waals surface area contributed by atoms with E-state index in [0.717, 1.165) is 22.7 Å². The van der Waals surface area contributed by atoms with Crippen LogP contribution in [0.25, 0.3) is 5.69 Å². The molecule has 0 bridgehead atoms. The smallest absolute Gasteiger partial charge is 0.303 e. The van der Waals surface area contributed by atoms with E-state index in [9.17, 15) is 14.7 Å². The fourth-order valence-corrected chi connectivity index (χ4v) is 1.94. The second-order valence-electron chi connectivity index (χ2n) is 4.64. The lowest BCUT2D eigenvalue weighted by Crippen LogP contribution is -2.21. The predicted octanol–water partition coefficient (Wildman–Crippen LogP) is 1.52. The molecule has 0 aliphatic heterocycles. The summed E-state index contributed by atoms with van der Waals surface area (Å²) in [4.78, 5) is 22.5. The minimum absolute atomic E-state index is 0.0640. The Hall–Kier alpha value is -2.63. The number of aromatic hydroxyl groups is 1. The Balaban J connectivity index is 2.40. The van der Waals surface area contributed by atoms with Gasteiger partial charge in [-0.1, -0.05) is 19.1 Å². The van der Waals surface area contributed by atoms with Crippen LogP contribution in [-0.2, 0) is 17.6 Å². The van der Waals surface area contributed by atoms with Gasteiger partial charge in [0.15, 0.2) is 0 Å². The van der Waals surface area contributed by atoms with Crippen molar-refractivity contribution >= 4 is 5.97 Å². The van der Waals surface area contributed by atoms with Gasteiger partial charge in [-0.2, -0.15) is 9.78 Å².